The fourth-order valence-electron chi connectivity index (χ4n) is 1.33. The zero-order valence-electron chi connectivity index (χ0n) is 8.27. The Morgan fingerprint density at radius 1 is 1.62 bits per heavy atom. The summed E-state index contributed by atoms with van der Waals surface area (Å²) in [5.41, 5.74) is 7.00. The first-order valence-corrected chi connectivity index (χ1v) is 4.72. The van der Waals surface area contributed by atoms with Crippen molar-refractivity contribution in [3.8, 4) is 0 Å². The first-order valence-electron chi connectivity index (χ1n) is 4.72. The topological polar surface area (TPSA) is 51.2 Å². The Morgan fingerprint density at radius 3 is 2.85 bits per heavy atom. The van der Waals surface area contributed by atoms with Crippen LogP contribution in [0.4, 0.5) is 0 Å². The molecule has 0 aromatic carbocycles. The van der Waals surface area contributed by atoms with E-state index in [1.807, 2.05) is 23.0 Å². The summed E-state index contributed by atoms with van der Waals surface area (Å²) in [5.74, 6) is 0. The lowest BCUT2D eigenvalue weighted by Crippen LogP contribution is -2.11. The average molecular weight is 182 g/mol. The third-order valence-electron chi connectivity index (χ3n) is 2.12. The summed E-state index contributed by atoms with van der Waals surface area (Å²) in [7, 11) is 0. The molecule has 0 spiro atoms. The number of hydrogen-bond acceptors (Lipinski definition) is 2. The van der Waals surface area contributed by atoms with E-state index in [9.17, 15) is 0 Å². The molecule has 0 bridgehead atoms. The minimum absolute atomic E-state index is 0.121. The second-order valence-electron chi connectivity index (χ2n) is 3.51. The zero-order chi connectivity index (χ0) is 9.84. The Hall–Kier alpha value is -0.800. The van der Waals surface area contributed by atoms with Gasteiger partial charge < -0.3 is 15.4 Å². The molecule has 2 unspecified atom stereocenters. The molecule has 0 aliphatic heterocycles. The molecule has 0 aliphatic rings. The number of aliphatic hydroxyl groups excluding tert-OH is 1. The molecule has 1 aromatic heterocycles. The van der Waals surface area contributed by atoms with Crippen molar-refractivity contribution in [1.82, 2.24) is 4.57 Å². The van der Waals surface area contributed by atoms with E-state index < -0.39 is 0 Å². The Morgan fingerprint density at radius 2 is 2.31 bits per heavy atom. The summed E-state index contributed by atoms with van der Waals surface area (Å²) < 4.78 is 1.97. The Labute approximate surface area is 79.2 Å². The minimum Gasteiger partial charge on any atom is -0.392 e. The van der Waals surface area contributed by atoms with Crippen molar-refractivity contribution in [2.45, 2.75) is 39.0 Å². The Bertz CT molecular complexity index is 255. The van der Waals surface area contributed by atoms with Crippen LogP contribution in [-0.4, -0.2) is 15.8 Å². The van der Waals surface area contributed by atoms with Crippen molar-refractivity contribution >= 4 is 0 Å². The van der Waals surface area contributed by atoms with E-state index in [4.69, 9.17) is 10.8 Å². The van der Waals surface area contributed by atoms with Gasteiger partial charge in [-0.2, -0.15) is 0 Å². The number of rotatable bonds is 4. The fourth-order valence-corrected chi connectivity index (χ4v) is 1.33. The predicted octanol–water partition coefficient (Wildman–Crippen LogP) is 1.28. The molecule has 1 heterocycles. The number of nitrogens with two attached hydrogens (primary N) is 1. The van der Waals surface area contributed by atoms with Gasteiger partial charge in [-0.3, -0.25) is 0 Å². The third-order valence-corrected chi connectivity index (χ3v) is 2.12. The molecule has 3 nitrogen and oxygen atoms in total. The van der Waals surface area contributed by atoms with Gasteiger partial charge in [-0.25, -0.2) is 0 Å². The van der Waals surface area contributed by atoms with Gasteiger partial charge in [0.05, 0.1) is 6.10 Å². The average Bonchev–Trinajstić information content (AvgIpc) is 2.50. The van der Waals surface area contributed by atoms with Crippen molar-refractivity contribution in [2.24, 2.45) is 5.73 Å². The highest BCUT2D eigenvalue weighted by Gasteiger charge is 2.05. The van der Waals surface area contributed by atoms with Crippen molar-refractivity contribution in [3.05, 3.63) is 24.0 Å². The minimum atomic E-state index is -0.307. The summed E-state index contributed by atoms with van der Waals surface area (Å²) in [6.45, 7) is 4.48. The van der Waals surface area contributed by atoms with E-state index in [1.165, 1.54) is 0 Å². The normalized spacial score (nSPS) is 15.7. The quantitative estimate of drug-likeness (QED) is 0.737. The van der Waals surface area contributed by atoms with E-state index in [2.05, 4.69) is 6.92 Å². The summed E-state index contributed by atoms with van der Waals surface area (Å²) >= 11 is 0. The van der Waals surface area contributed by atoms with Crippen LogP contribution in [0.3, 0.4) is 0 Å². The largest absolute Gasteiger partial charge is 0.392 e. The van der Waals surface area contributed by atoms with E-state index in [0.717, 1.165) is 12.0 Å². The van der Waals surface area contributed by atoms with Gasteiger partial charge in [0.25, 0.3) is 0 Å². The molecule has 1 rings (SSSR count). The van der Waals surface area contributed by atoms with Crippen LogP contribution in [0.5, 0.6) is 0 Å². The Balaban J connectivity index is 2.63. The van der Waals surface area contributed by atoms with Crippen LogP contribution >= 0.6 is 0 Å². The van der Waals surface area contributed by atoms with Crippen LogP contribution in [0.25, 0.3) is 0 Å². The highest BCUT2D eigenvalue weighted by Crippen LogP contribution is 2.13. The van der Waals surface area contributed by atoms with Gasteiger partial charge in [0, 0.05) is 25.0 Å². The second-order valence-corrected chi connectivity index (χ2v) is 3.51. The van der Waals surface area contributed by atoms with Crippen LogP contribution < -0.4 is 5.73 Å². The van der Waals surface area contributed by atoms with E-state index in [1.54, 1.807) is 6.92 Å². The maximum Gasteiger partial charge on any atom is 0.0690 e. The van der Waals surface area contributed by atoms with Crippen molar-refractivity contribution in [2.75, 3.05) is 0 Å². The second kappa shape index (κ2) is 4.44. The van der Waals surface area contributed by atoms with Gasteiger partial charge >= 0.3 is 0 Å². The molecule has 3 heteroatoms. The summed E-state index contributed by atoms with van der Waals surface area (Å²) in [4.78, 5) is 0. The molecule has 74 valence electrons. The lowest BCUT2D eigenvalue weighted by molar-refractivity contribution is 0.173. The first-order chi connectivity index (χ1) is 6.13. The predicted molar refractivity (Wildman–Crippen MR) is 53.3 cm³/mol. The molecular formula is C10H18N2O. The third kappa shape index (κ3) is 2.86. The molecule has 2 atom stereocenters. The summed E-state index contributed by atoms with van der Waals surface area (Å²) in [6.07, 6.45) is 4.59. The smallest absolute Gasteiger partial charge is 0.0690 e. The fraction of sp³-hybridized carbons (Fsp3) is 0.600. The molecule has 0 saturated carbocycles. The lowest BCUT2D eigenvalue weighted by atomic mass is 10.1. The van der Waals surface area contributed by atoms with Crippen LogP contribution in [0.2, 0.25) is 0 Å². The van der Waals surface area contributed by atoms with Crippen LogP contribution in [0.1, 0.15) is 31.9 Å². The molecular weight excluding hydrogens is 164 g/mol. The van der Waals surface area contributed by atoms with Crippen LogP contribution in [-0.2, 0) is 6.54 Å². The van der Waals surface area contributed by atoms with E-state index >= 15 is 0 Å². The van der Waals surface area contributed by atoms with Gasteiger partial charge in [0.1, 0.15) is 0 Å². The molecule has 0 aliphatic carbocycles. The Kier molecular flexibility index (Phi) is 3.51. The van der Waals surface area contributed by atoms with Crippen LogP contribution in [0.15, 0.2) is 18.5 Å². The van der Waals surface area contributed by atoms with Crippen LogP contribution in [0, 0.1) is 0 Å². The van der Waals surface area contributed by atoms with Crippen molar-refractivity contribution in [3.63, 3.8) is 0 Å². The number of nitrogens with zero attached hydrogens (tertiary/aromatic N) is 1. The van der Waals surface area contributed by atoms with Crippen molar-refractivity contribution in [1.29, 1.82) is 0 Å². The zero-order valence-corrected chi connectivity index (χ0v) is 8.27. The maximum atomic E-state index is 9.16. The van der Waals surface area contributed by atoms with Gasteiger partial charge in [0.2, 0.25) is 0 Å². The summed E-state index contributed by atoms with van der Waals surface area (Å²) in [5, 5.41) is 9.16. The van der Waals surface area contributed by atoms with Gasteiger partial charge in [0.15, 0.2) is 0 Å². The standard InChI is InChI=1S/C10H18N2O/c1-3-10(11)9-4-5-12(7-9)6-8(2)13/h4-5,7-8,10,13H,3,6,11H2,1-2H3. The molecule has 3 N–H and O–H groups in total. The SMILES string of the molecule is CCC(N)c1ccn(CC(C)O)c1. The van der Waals surface area contributed by atoms with E-state index in [0.29, 0.717) is 6.54 Å². The lowest BCUT2D eigenvalue weighted by Gasteiger charge is -2.07. The van der Waals surface area contributed by atoms with Gasteiger partial charge in [-0.05, 0) is 25.0 Å². The summed E-state index contributed by atoms with van der Waals surface area (Å²) in [6, 6.07) is 2.13. The molecule has 0 amide bonds. The first kappa shape index (κ1) is 10.3. The number of aromatic nitrogens is 1. The number of aliphatic hydroxyl groups is 1. The molecule has 0 radical (unpaired) electrons. The highest BCUT2D eigenvalue weighted by molar-refractivity contribution is 5.14. The molecule has 0 fully saturated rings. The van der Waals surface area contributed by atoms with Crippen molar-refractivity contribution < 1.29 is 5.11 Å². The monoisotopic (exact) mass is 182 g/mol. The van der Waals surface area contributed by atoms with Gasteiger partial charge in [-0.1, -0.05) is 6.92 Å². The van der Waals surface area contributed by atoms with E-state index in [-0.39, 0.29) is 12.1 Å². The molecule has 13 heavy (non-hydrogen) atoms. The molecule has 0 saturated heterocycles. The number of hydrogen-bond donors (Lipinski definition) is 2. The maximum absolute atomic E-state index is 9.16. The highest BCUT2D eigenvalue weighted by atomic mass is 16.3. The van der Waals surface area contributed by atoms with Gasteiger partial charge in [-0.15, -0.1) is 0 Å². The molecule has 1 aromatic rings.